The van der Waals surface area contributed by atoms with Gasteiger partial charge in [-0.3, -0.25) is 0 Å². The predicted octanol–water partition coefficient (Wildman–Crippen LogP) is -0.594. The van der Waals surface area contributed by atoms with E-state index in [-0.39, 0.29) is 60.0 Å². The van der Waals surface area contributed by atoms with Crippen molar-refractivity contribution in [2.24, 2.45) is 11.8 Å². The second-order valence-corrected chi connectivity index (χ2v) is 10.9. The first-order valence-electron chi connectivity index (χ1n) is 13.8. The zero-order valence-electron chi connectivity index (χ0n) is 23.4. The van der Waals surface area contributed by atoms with Crippen LogP contribution in [0.15, 0.2) is 16.2 Å². The van der Waals surface area contributed by atoms with Gasteiger partial charge in [-0.2, -0.15) is 0 Å². The van der Waals surface area contributed by atoms with Crippen molar-refractivity contribution in [3.8, 4) is 0 Å². The van der Waals surface area contributed by atoms with Crippen LogP contribution in [0, 0.1) is 11.8 Å². The molecule has 9 nitrogen and oxygen atoms in total. The summed E-state index contributed by atoms with van der Waals surface area (Å²) in [6, 6.07) is 0. The van der Waals surface area contributed by atoms with E-state index in [1.165, 1.54) is 0 Å². The predicted molar refractivity (Wildman–Crippen MR) is 135 cm³/mol. The molecule has 2 fully saturated rings. The Morgan fingerprint density at radius 2 is 1.82 bits per heavy atom. The van der Waals surface area contributed by atoms with Crippen LogP contribution in [0.1, 0.15) is 90.2 Å². The molecule has 0 saturated carbocycles. The van der Waals surface area contributed by atoms with Crippen molar-refractivity contribution in [1.82, 2.24) is 4.98 Å². The minimum atomic E-state index is -0.991. The maximum Gasteiger partial charge on any atom is 1.00 e. The second kappa shape index (κ2) is 16.5. The van der Waals surface area contributed by atoms with E-state index in [4.69, 9.17) is 13.9 Å². The number of aliphatic carboxylic acids is 1. The summed E-state index contributed by atoms with van der Waals surface area (Å²) in [5.41, 5.74) is 0.941. The molecule has 1 aromatic rings. The molecule has 3 N–H and O–H groups in total. The van der Waals surface area contributed by atoms with Crippen LogP contribution in [-0.2, 0) is 20.7 Å². The van der Waals surface area contributed by atoms with Gasteiger partial charge in [-0.25, -0.2) is 4.98 Å². The number of carboxylic acids is 1. The fourth-order valence-corrected chi connectivity index (χ4v) is 5.08. The fraction of sp³-hybridized carbons (Fsp3) is 0.786. The summed E-state index contributed by atoms with van der Waals surface area (Å²) in [6.07, 6.45) is 8.48. The summed E-state index contributed by atoms with van der Waals surface area (Å²) in [6.45, 7) is 5.99. The van der Waals surface area contributed by atoms with Crippen LogP contribution >= 0.6 is 0 Å². The Morgan fingerprint density at radius 3 is 2.50 bits per heavy atom. The van der Waals surface area contributed by atoms with Gasteiger partial charge >= 0.3 is 29.6 Å². The van der Waals surface area contributed by atoms with Gasteiger partial charge in [-0.05, 0) is 52.0 Å². The van der Waals surface area contributed by atoms with E-state index in [1.807, 2.05) is 19.9 Å². The Hall–Kier alpha value is -0.780. The molecule has 38 heavy (non-hydrogen) atoms. The first-order chi connectivity index (χ1) is 17.7. The van der Waals surface area contributed by atoms with Gasteiger partial charge in [0.1, 0.15) is 11.9 Å². The van der Waals surface area contributed by atoms with Gasteiger partial charge in [0, 0.05) is 24.2 Å². The zero-order chi connectivity index (χ0) is 26.9. The topological polar surface area (TPSA) is 149 Å². The fourth-order valence-electron chi connectivity index (χ4n) is 5.08. The molecule has 0 amide bonds. The standard InChI is InChI=1S/C28H45NO8.Na/c1-17(13-24-29-15-21(36-24)10-8-6-4-5-7-9-11-25(31)32)12-22-27(34)26(33)20(16-35-22)14-23-28(37-23)18(2)19(3)30;/h13,15,18-20,22-23,26-28,30,33-34H,4-12,14,16H2,1-3H3,(H,31,32);/q;+1/p-1/b17-13+;/t18-,19-,20-,22-,23-,26+,27-,28-;/m0./s1. The minimum absolute atomic E-state index is 0. The number of epoxide rings is 1. The van der Waals surface area contributed by atoms with Crippen LogP contribution in [0.25, 0.3) is 6.08 Å². The number of carboxylic acid groups (broad SMARTS) is 1. The SMILES string of the molecule is C/C(=C\c1ncc(CCCCCCCCC(=O)[O-])o1)C[C@@H]1OC[C@H](C[C@@H]2O[C@H]2[C@@H](C)[C@H](C)O)[C@@H](O)[C@H]1O.[Na+]. The van der Waals surface area contributed by atoms with Gasteiger partial charge < -0.3 is 39.1 Å². The van der Waals surface area contributed by atoms with Gasteiger partial charge in [0.15, 0.2) is 0 Å². The second-order valence-electron chi connectivity index (χ2n) is 10.9. The molecule has 1 aromatic heterocycles. The number of aliphatic hydroxyl groups excluding tert-OH is 3. The van der Waals surface area contributed by atoms with Crippen molar-refractivity contribution < 1.29 is 68.7 Å². The molecule has 3 rings (SSSR count). The number of hydrogen-bond donors (Lipinski definition) is 3. The molecular weight excluding hydrogens is 501 g/mol. The third kappa shape index (κ3) is 10.7. The van der Waals surface area contributed by atoms with E-state index in [0.717, 1.165) is 49.9 Å². The average molecular weight is 546 g/mol. The Bertz CT molecular complexity index is 875. The number of nitrogens with zero attached hydrogens (tertiary/aromatic N) is 1. The van der Waals surface area contributed by atoms with Gasteiger partial charge in [-0.15, -0.1) is 0 Å². The summed E-state index contributed by atoms with van der Waals surface area (Å²) in [5, 5.41) is 41.5. The number of oxazole rings is 1. The van der Waals surface area contributed by atoms with E-state index >= 15 is 0 Å². The van der Waals surface area contributed by atoms with E-state index in [2.05, 4.69) is 4.98 Å². The molecule has 0 aromatic carbocycles. The smallest absolute Gasteiger partial charge is 0.550 e. The molecular formula is C28H44NNaO8. The number of hydrogen-bond acceptors (Lipinski definition) is 9. The van der Waals surface area contributed by atoms with Crippen LogP contribution in [0.4, 0.5) is 0 Å². The monoisotopic (exact) mass is 545 g/mol. The molecule has 2 aliphatic rings. The minimum Gasteiger partial charge on any atom is -0.550 e. The number of aliphatic hydroxyl groups is 3. The van der Waals surface area contributed by atoms with Gasteiger partial charge in [0.2, 0.25) is 5.89 Å². The van der Waals surface area contributed by atoms with Crippen LogP contribution in [-0.4, -0.2) is 69.5 Å². The van der Waals surface area contributed by atoms with Crippen molar-refractivity contribution in [3.05, 3.63) is 23.4 Å². The molecule has 2 aliphatic heterocycles. The van der Waals surface area contributed by atoms with E-state index in [1.54, 1.807) is 13.1 Å². The van der Waals surface area contributed by atoms with Crippen LogP contribution in [0.5, 0.6) is 0 Å². The zero-order valence-corrected chi connectivity index (χ0v) is 25.4. The molecule has 0 unspecified atom stereocenters. The summed E-state index contributed by atoms with van der Waals surface area (Å²) in [4.78, 5) is 14.7. The van der Waals surface area contributed by atoms with Gasteiger partial charge in [0.25, 0.3) is 0 Å². The number of aromatic nitrogens is 1. The van der Waals surface area contributed by atoms with Crippen LogP contribution < -0.4 is 34.7 Å². The van der Waals surface area contributed by atoms with E-state index in [0.29, 0.717) is 31.8 Å². The molecule has 0 aliphatic carbocycles. The third-order valence-electron chi connectivity index (χ3n) is 7.69. The Kier molecular flexibility index (Phi) is 14.5. The van der Waals surface area contributed by atoms with E-state index in [9.17, 15) is 25.2 Å². The first-order valence-corrected chi connectivity index (χ1v) is 13.8. The van der Waals surface area contributed by atoms with Crippen molar-refractivity contribution in [2.75, 3.05) is 6.61 Å². The number of rotatable bonds is 16. The summed E-state index contributed by atoms with van der Waals surface area (Å²) in [5.74, 6) is 0.198. The Balaban J connectivity index is 0.00000507. The molecule has 0 bridgehead atoms. The quantitative estimate of drug-likeness (QED) is 0.141. The summed E-state index contributed by atoms with van der Waals surface area (Å²) >= 11 is 0. The van der Waals surface area contributed by atoms with Crippen molar-refractivity contribution in [2.45, 2.75) is 122 Å². The number of ether oxygens (including phenoxy) is 2. The van der Waals surface area contributed by atoms with E-state index < -0.39 is 30.4 Å². The first kappa shape index (κ1) is 33.4. The Morgan fingerprint density at radius 1 is 1.13 bits per heavy atom. The van der Waals surface area contributed by atoms with Crippen molar-refractivity contribution in [3.63, 3.8) is 0 Å². The van der Waals surface area contributed by atoms with Crippen LogP contribution in [0.2, 0.25) is 0 Å². The summed E-state index contributed by atoms with van der Waals surface area (Å²) in [7, 11) is 0. The Labute approximate surface area is 248 Å². The molecule has 210 valence electrons. The molecule has 0 spiro atoms. The third-order valence-corrected chi connectivity index (χ3v) is 7.69. The maximum absolute atomic E-state index is 10.7. The largest absolute Gasteiger partial charge is 1.00 e. The van der Waals surface area contributed by atoms with Crippen molar-refractivity contribution in [1.29, 1.82) is 0 Å². The molecule has 8 atom stereocenters. The normalized spacial score (nSPS) is 28.9. The molecule has 2 saturated heterocycles. The molecule has 3 heterocycles. The van der Waals surface area contributed by atoms with Gasteiger partial charge in [-0.1, -0.05) is 38.2 Å². The summed E-state index contributed by atoms with van der Waals surface area (Å²) < 4.78 is 17.5. The average Bonchev–Trinajstić information content (AvgIpc) is 3.47. The molecule has 0 radical (unpaired) electrons. The number of unbranched alkanes of at least 4 members (excludes halogenated alkanes) is 5. The van der Waals surface area contributed by atoms with Crippen LogP contribution in [0.3, 0.4) is 0 Å². The van der Waals surface area contributed by atoms with Gasteiger partial charge in [0.05, 0.1) is 43.3 Å². The number of carbonyl (C=O) groups excluding carboxylic acids is 1. The maximum atomic E-state index is 10.7. The number of carbonyl (C=O) groups is 1. The van der Waals surface area contributed by atoms with Crippen molar-refractivity contribution >= 4 is 12.0 Å². The molecule has 10 heteroatoms. The number of aryl methyl sites for hydroxylation is 1.